The highest BCUT2D eigenvalue weighted by Crippen LogP contribution is 2.20. The van der Waals surface area contributed by atoms with Gasteiger partial charge in [-0.25, -0.2) is 0 Å². The van der Waals surface area contributed by atoms with Crippen molar-refractivity contribution < 1.29 is 4.79 Å². The lowest BCUT2D eigenvalue weighted by atomic mass is 9.90. The molecule has 3 N–H and O–H groups in total. The first-order valence-electron chi connectivity index (χ1n) is 7.56. The molecular formula is C15H28N4O. The van der Waals surface area contributed by atoms with Crippen molar-refractivity contribution in [3.05, 3.63) is 0 Å². The average Bonchev–Trinajstić information content (AvgIpc) is 2.40. The van der Waals surface area contributed by atoms with Gasteiger partial charge in [-0.2, -0.15) is 5.26 Å². The van der Waals surface area contributed by atoms with Crippen molar-refractivity contribution in [1.29, 1.82) is 5.26 Å². The fraction of sp³-hybridized carbons (Fsp3) is 0.867. The van der Waals surface area contributed by atoms with Crippen molar-refractivity contribution in [2.45, 2.75) is 45.6 Å². The van der Waals surface area contributed by atoms with Gasteiger partial charge >= 0.3 is 0 Å². The summed E-state index contributed by atoms with van der Waals surface area (Å²) in [4.78, 5) is 14.2. The van der Waals surface area contributed by atoms with Crippen LogP contribution in [0, 0.1) is 23.2 Å². The zero-order chi connectivity index (χ0) is 15.2. The topological polar surface area (TPSA) is 82.2 Å². The van der Waals surface area contributed by atoms with E-state index in [-0.39, 0.29) is 11.8 Å². The zero-order valence-corrected chi connectivity index (χ0v) is 13.0. The smallest absolute Gasteiger partial charge is 0.235 e. The highest BCUT2D eigenvalue weighted by atomic mass is 16.2. The number of nitrogens with zero attached hydrogens (tertiary/aromatic N) is 2. The van der Waals surface area contributed by atoms with Crippen molar-refractivity contribution in [3.63, 3.8) is 0 Å². The number of rotatable bonds is 6. The second-order valence-electron chi connectivity index (χ2n) is 6.31. The lowest BCUT2D eigenvalue weighted by molar-refractivity contribution is -0.124. The molecule has 5 nitrogen and oxygen atoms in total. The lowest BCUT2D eigenvalue weighted by Gasteiger charge is -2.33. The average molecular weight is 280 g/mol. The predicted molar refractivity (Wildman–Crippen MR) is 79.8 cm³/mol. The van der Waals surface area contributed by atoms with Crippen LogP contribution in [0.4, 0.5) is 0 Å². The Bertz CT molecular complexity index is 355. The molecule has 1 saturated heterocycles. The second-order valence-corrected chi connectivity index (χ2v) is 6.31. The van der Waals surface area contributed by atoms with Crippen molar-refractivity contribution in [3.8, 4) is 6.07 Å². The van der Waals surface area contributed by atoms with Gasteiger partial charge in [-0.3, -0.25) is 9.69 Å². The normalized spacial score (nSPS) is 20.4. The number of carbonyl (C=O) groups is 1. The van der Waals surface area contributed by atoms with Gasteiger partial charge in [-0.15, -0.1) is 0 Å². The van der Waals surface area contributed by atoms with Gasteiger partial charge in [0.1, 0.15) is 5.54 Å². The SMILES string of the molecule is CC(C)C(C)(C#N)NC(=O)CN1CCC(CCN)CC1. The third kappa shape index (κ3) is 4.77. The van der Waals surface area contributed by atoms with E-state index in [1.807, 2.05) is 13.8 Å². The molecule has 1 rings (SSSR count). The molecule has 1 fully saturated rings. The Morgan fingerprint density at radius 3 is 2.55 bits per heavy atom. The van der Waals surface area contributed by atoms with Gasteiger partial charge in [0, 0.05) is 0 Å². The third-order valence-corrected chi connectivity index (χ3v) is 4.44. The Balaban J connectivity index is 2.39. The van der Waals surface area contributed by atoms with Gasteiger partial charge in [0.25, 0.3) is 0 Å². The molecule has 1 atom stereocenters. The molecule has 1 aliphatic heterocycles. The molecule has 1 aliphatic rings. The molecule has 0 aromatic rings. The summed E-state index contributed by atoms with van der Waals surface area (Å²) in [5, 5.41) is 12.1. The van der Waals surface area contributed by atoms with E-state index in [0.29, 0.717) is 12.5 Å². The molecule has 1 unspecified atom stereocenters. The number of piperidine rings is 1. The standard InChI is InChI=1S/C15H28N4O/c1-12(2)15(3,11-17)18-14(20)10-19-8-5-13(4-7-16)6-9-19/h12-13H,4-10,16H2,1-3H3,(H,18,20). The molecule has 0 spiro atoms. The van der Waals surface area contributed by atoms with E-state index in [9.17, 15) is 10.1 Å². The molecule has 0 radical (unpaired) electrons. The Hall–Kier alpha value is -1.12. The van der Waals surface area contributed by atoms with E-state index in [0.717, 1.165) is 38.9 Å². The van der Waals surface area contributed by atoms with E-state index < -0.39 is 5.54 Å². The summed E-state index contributed by atoms with van der Waals surface area (Å²) in [5.74, 6) is 0.742. The van der Waals surface area contributed by atoms with Crippen LogP contribution in [0.15, 0.2) is 0 Å². The van der Waals surface area contributed by atoms with Crippen molar-refractivity contribution in [2.75, 3.05) is 26.2 Å². The van der Waals surface area contributed by atoms with Crippen LogP contribution in [0.3, 0.4) is 0 Å². The number of amides is 1. The molecule has 5 heteroatoms. The van der Waals surface area contributed by atoms with E-state index in [1.165, 1.54) is 0 Å². The van der Waals surface area contributed by atoms with Crippen LogP contribution in [-0.4, -0.2) is 42.5 Å². The fourth-order valence-corrected chi connectivity index (χ4v) is 2.50. The number of likely N-dealkylation sites (tertiary alicyclic amines) is 1. The molecule has 1 amide bonds. The summed E-state index contributed by atoms with van der Waals surface area (Å²) in [7, 11) is 0. The Kier molecular flexibility index (Phi) is 6.44. The minimum Gasteiger partial charge on any atom is -0.337 e. The van der Waals surface area contributed by atoms with Gasteiger partial charge in [-0.05, 0) is 57.7 Å². The number of hydrogen-bond acceptors (Lipinski definition) is 4. The molecule has 0 saturated carbocycles. The second kappa shape index (κ2) is 7.61. The van der Waals surface area contributed by atoms with Crippen LogP contribution in [0.2, 0.25) is 0 Å². The number of carbonyl (C=O) groups excluding carboxylic acids is 1. The predicted octanol–water partition coefficient (Wildman–Crippen LogP) is 1.10. The third-order valence-electron chi connectivity index (χ3n) is 4.44. The molecular weight excluding hydrogens is 252 g/mol. The Morgan fingerprint density at radius 2 is 2.10 bits per heavy atom. The molecule has 20 heavy (non-hydrogen) atoms. The minimum absolute atomic E-state index is 0.0555. The number of nitriles is 1. The number of nitrogens with one attached hydrogen (secondary N) is 1. The van der Waals surface area contributed by atoms with Crippen molar-refractivity contribution >= 4 is 5.91 Å². The summed E-state index contributed by atoms with van der Waals surface area (Å²) in [6.07, 6.45) is 3.31. The van der Waals surface area contributed by atoms with Crippen LogP contribution in [0.25, 0.3) is 0 Å². The number of nitrogens with two attached hydrogens (primary N) is 1. The zero-order valence-electron chi connectivity index (χ0n) is 13.0. The summed E-state index contributed by atoms with van der Waals surface area (Å²) < 4.78 is 0. The summed E-state index contributed by atoms with van der Waals surface area (Å²) in [6, 6.07) is 2.21. The van der Waals surface area contributed by atoms with Crippen LogP contribution in [0.5, 0.6) is 0 Å². The van der Waals surface area contributed by atoms with Gasteiger partial charge in [0.2, 0.25) is 5.91 Å². The van der Waals surface area contributed by atoms with Crippen molar-refractivity contribution in [2.24, 2.45) is 17.6 Å². The maximum absolute atomic E-state index is 12.1. The quantitative estimate of drug-likeness (QED) is 0.763. The largest absolute Gasteiger partial charge is 0.337 e. The summed E-state index contributed by atoms with van der Waals surface area (Å²) in [6.45, 7) is 8.71. The Morgan fingerprint density at radius 1 is 1.50 bits per heavy atom. The van der Waals surface area contributed by atoms with E-state index in [1.54, 1.807) is 6.92 Å². The Labute approximate surface area is 122 Å². The van der Waals surface area contributed by atoms with Gasteiger partial charge < -0.3 is 11.1 Å². The fourth-order valence-electron chi connectivity index (χ4n) is 2.50. The maximum atomic E-state index is 12.1. The molecule has 0 aromatic carbocycles. The highest BCUT2D eigenvalue weighted by Gasteiger charge is 2.30. The van der Waals surface area contributed by atoms with Crippen LogP contribution in [-0.2, 0) is 4.79 Å². The van der Waals surface area contributed by atoms with Crippen LogP contribution >= 0.6 is 0 Å². The molecule has 1 heterocycles. The van der Waals surface area contributed by atoms with E-state index in [2.05, 4.69) is 16.3 Å². The first-order chi connectivity index (χ1) is 9.41. The van der Waals surface area contributed by atoms with Gasteiger partial charge in [-0.1, -0.05) is 13.8 Å². The maximum Gasteiger partial charge on any atom is 0.235 e. The monoisotopic (exact) mass is 280 g/mol. The first-order valence-corrected chi connectivity index (χ1v) is 7.56. The lowest BCUT2D eigenvalue weighted by Crippen LogP contribution is -2.52. The van der Waals surface area contributed by atoms with E-state index >= 15 is 0 Å². The first kappa shape index (κ1) is 16.9. The summed E-state index contributed by atoms with van der Waals surface area (Å²) >= 11 is 0. The molecule has 0 aliphatic carbocycles. The molecule has 0 bridgehead atoms. The molecule has 0 aromatic heterocycles. The summed E-state index contributed by atoms with van der Waals surface area (Å²) in [5.41, 5.74) is 4.80. The highest BCUT2D eigenvalue weighted by molar-refractivity contribution is 5.79. The van der Waals surface area contributed by atoms with Crippen LogP contribution in [0.1, 0.15) is 40.0 Å². The van der Waals surface area contributed by atoms with Crippen molar-refractivity contribution in [1.82, 2.24) is 10.2 Å². The minimum atomic E-state index is -0.783. The van der Waals surface area contributed by atoms with Gasteiger partial charge in [0.15, 0.2) is 0 Å². The molecule has 114 valence electrons. The van der Waals surface area contributed by atoms with E-state index in [4.69, 9.17) is 5.73 Å². The van der Waals surface area contributed by atoms with Crippen LogP contribution < -0.4 is 11.1 Å². The number of hydrogen-bond donors (Lipinski definition) is 2. The van der Waals surface area contributed by atoms with Gasteiger partial charge in [0.05, 0.1) is 12.6 Å².